The number of nitrogens with zero attached hydrogens (tertiary/aromatic N) is 2. The fourth-order valence-corrected chi connectivity index (χ4v) is 2.50. The maximum atomic E-state index is 5.66. The van der Waals surface area contributed by atoms with E-state index in [-0.39, 0.29) is 0 Å². The molecule has 3 N–H and O–H groups in total. The Morgan fingerprint density at radius 2 is 2.35 bits per heavy atom. The summed E-state index contributed by atoms with van der Waals surface area (Å²) in [7, 11) is 2.03. The first-order chi connectivity index (χ1) is 8.31. The molecule has 0 saturated carbocycles. The molecule has 17 heavy (non-hydrogen) atoms. The minimum Gasteiger partial charge on any atom is -0.381 e. The molecule has 1 saturated heterocycles. The second kappa shape index (κ2) is 6.14. The molecule has 5 heteroatoms. The van der Waals surface area contributed by atoms with Crippen molar-refractivity contribution in [2.45, 2.75) is 31.7 Å². The summed E-state index contributed by atoms with van der Waals surface area (Å²) in [5.41, 5.74) is 2.96. The lowest BCUT2D eigenvalue weighted by Crippen LogP contribution is -2.43. The summed E-state index contributed by atoms with van der Waals surface area (Å²) in [6, 6.07) is 0.371. The lowest BCUT2D eigenvalue weighted by molar-refractivity contribution is 0.0525. The highest BCUT2D eigenvalue weighted by Crippen LogP contribution is 2.21. The summed E-state index contributed by atoms with van der Waals surface area (Å²) >= 11 is 0. The van der Waals surface area contributed by atoms with Gasteiger partial charge in [0.05, 0.1) is 0 Å². The van der Waals surface area contributed by atoms with Crippen LogP contribution in [0.25, 0.3) is 0 Å². The molecule has 1 aromatic heterocycles. The maximum absolute atomic E-state index is 5.66. The zero-order valence-electron chi connectivity index (χ0n) is 10.4. The van der Waals surface area contributed by atoms with Gasteiger partial charge in [0, 0.05) is 45.1 Å². The predicted octanol–water partition coefficient (Wildman–Crippen LogP) is 0.611. The standard InChI is InChI=1S/C12H22N4O/c1-16-7-6-14-12(16)3-2-11(15-13)10-4-8-17-9-5-10/h6-7,10-11,15H,2-5,8-9,13H2,1H3. The zero-order chi connectivity index (χ0) is 12.1. The van der Waals surface area contributed by atoms with Gasteiger partial charge in [0.15, 0.2) is 0 Å². The van der Waals surface area contributed by atoms with Crippen LogP contribution in [-0.2, 0) is 18.2 Å². The average Bonchev–Trinajstić information content (AvgIpc) is 2.77. The topological polar surface area (TPSA) is 65.1 Å². The third-order valence-electron chi connectivity index (χ3n) is 3.65. The van der Waals surface area contributed by atoms with Crippen molar-refractivity contribution in [3.8, 4) is 0 Å². The molecule has 2 heterocycles. The van der Waals surface area contributed by atoms with E-state index >= 15 is 0 Å². The Labute approximate surface area is 102 Å². The van der Waals surface area contributed by atoms with E-state index in [4.69, 9.17) is 10.6 Å². The Balaban J connectivity index is 1.84. The number of hydrogen-bond acceptors (Lipinski definition) is 4. The largest absolute Gasteiger partial charge is 0.381 e. The summed E-state index contributed by atoms with van der Waals surface area (Å²) in [6.07, 6.45) is 8.04. The number of hydrogen-bond donors (Lipinski definition) is 2. The fraction of sp³-hybridized carbons (Fsp3) is 0.750. The van der Waals surface area contributed by atoms with E-state index < -0.39 is 0 Å². The number of nitrogens with one attached hydrogen (secondary N) is 1. The molecule has 0 spiro atoms. The normalized spacial score (nSPS) is 19.4. The quantitative estimate of drug-likeness (QED) is 0.583. The van der Waals surface area contributed by atoms with Gasteiger partial charge in [-0.15, -0.1) is 0 Å². The van der Waals surface area contributed by atoms with Crippen LogP contribution in [0.1, 0.15) is 25.1 Å². The number of hydrazine groups is 1. The van der Waals surface area contributed by atoms with Crippen LogP contribution in [0.15, 0.2) is 12.4 Å². The van der Waals surface area contributed by atoms with Gasteiger partial charge in [0.1, 0.15) is 5.82 Å². The monoisotopic (exact) mass is 238 g/mol. The summed E-state index contributed by atoms with van der Waals surface area (Å²) in [6.45, 7) is 1.73. The van der Waals surface area contributed by atoms with Crippen molar-refractivity contribution < 1.29 is 4.74 Å². The van der Waals surface area contributed by atoms with Gasteiger partial charge in [-0.1, -0.05) is 0 Å². The van der Waals surface area contributed by atoms with Crippen molar-refractivity contribution in [1.82, 2.24) is 15.0 Å². The van der Waals surface area contributed by atoms with Crippen molar-refractivity contribution in [3.63, 3.8) is 0 Å². The number of ether oxygens (including phenoxy) is 1. The van der Waals surface area contributed by atoms with Crippen LogP contribution in [0.5, 0.6) is 0 Å². The fourth-order valence-electron chi connectivity index (χ4n) is 2.50. The van der Waals surface area contributed by atoms with Crippen molar-refractivity contribution in [1.29, 1.82) is 0 Å². The van der Waals surface area contributed by atoms with Crippen LogP contribution >= 0.6 is 0 Å². The molecule has 1 aliphatic rings. The molecular formula is C12H22N4O. The first-order valence-electron chi connectivity index (χ1n) is 6.31. The van der Waals surface area contributed by atoms with Gasteiger partial charge in [0.25, 0.3) is 0 Å². The SMILES string of the molecule is Cn1ccnc1CCC(NN)C1CCOCC1. The van der Waals surface area contributed by atoms with Crippen molar-refractivity contribution in [2.24, 2.45) is 18.8 Å². The highest BCUT2D eigenvalue weighted by Gasteiger charge is 2.23. The minimum absolute atomic E-state index is 0.371. The van der Waals surface area contributed by atoms with Crippen molar-refractivity contribution in [3.05, 3.63) is 18.2 Å². The highest BCUT2D eigenvalue weighted by molar-refractivity contribution is 4.92. The molecule has 2 rings (SSSR count). The average molecular weight is 238 g/mol. The van der Waals surface area contributed by atoms with E-state index in [2.05, 4.69) is 15.0 Å². The van der Waals surface area contributed by atoms with Crippen LogP contribution in [0.3, 0.4) is 0 Å². The third kappa shape index (κ3) is 3.28. The summed E-state index contributed by atoms with van der Waals surface area (Å²) < 4.78 is 7.45. The minimum atomic E-state index is 0.371. The van der Waals surface area contributed by atoms with Gasteiger partial charge in [-0.05, 0) is 25.2 Å². The third-order valence-corrected chi connectivity index (χ3v) is 3.65. The molecule has 1 aromatic rings. The molecule has 5 nitrogen and oxygen atoms in total. The molecule has 1 unspecified atom stereocenters. The number of imidazole rings is 1. The summed E-state index contributed by atoms with van der Waals surface area (Å²) in [5, 5.41) is 0. The number of aryl methyl sites for hydroxylation is 2. The summed E-state index contributed by atoms with van der Waals surface area (Å²) in [4.78, 5) is 4.34. The first kappa shape index (κ1) is 12.5. The molecule has 1 fully saturated rings. The number of nitrogens with two attached hydrogens (primary N) is 1. The number of rotatable bonds is 5. The molecule has 96 valence electrons. The van der Waals surface area contributed by atoms with E-state index in [1.165, 1.54) is 0 Å². The maximum Gasteiger partial charge on any atom is 0.108 e. The van der Waals surface area contributed by atoms with E-state index in [1.54, 1.807) is 0 Å². The van der Waals surface area contributed by atoms with Gasteiger partial charge < -0.3 is 9.30 Å². The molecule has 0 radical (unpaired) electrons. The van der Waals surface area contributed by atoms with E-state index in [0.717, 1.165) is 44.7 Å². The number of aromatic nitrogens is 2. The molecule has 0 amide bonds. The Hall–Kier alpha value is -0.910. The lowest BCUT2D eigenvalue weighted by Gasteiger charge is -2.29. The first-order valence-corrected chi connectivity index (χ1v) is 6.31. The smallest absolute Gasteiger partial charge is 0.108 e. The summed E-state index contributed by atoms with van der Waals surface area (Å²) in [5.74, 6) is 7.42. The molecule has 1 aliphatic heterocycles. The van der Waals surface area contributed by atoms with E-state index in [9.17, 15) is 0 Å². The van der Waals surface area contributed by atoms with Crippen LogP contribution in [-0.4, -0.2) is 28.8 Å². The molecule has 1 atom stereocenters. The van der Waals surface area contributed by atoms with E-state index in [1.807, 2.05) is 19.4 Å². The van der Waals surface area contributed by atoms with Gasteiger partial charge in [-0.25, -0.2) is 4.98 Å². The van der Waals surface area contributed by atoms with E-state index in [0.29, 0.717) is 12.0 Å². The van der Waals surface area contributed by atoms with Crippen LogP contribution < -0.4 is 11.3 Å². The predicted molar refractivity (Wildman–Crippen MR) is 66.2 cm³/mol. The molecule has 0 aromatic carbocycles. The highest BCUT2D eigenvalue weighted by atomic mass is 16.5. The van der Waals surface area contributed by atoms with Gasteiger partial charge >= 0.3 is 0 Å². The van der Waals surface area contributed by atoms with Gasteiger partial charge in [-0.2, -0.15) is 0 Å². The van der Waals surface area contributed by atoms with Crippen molar-refractivity contribution in [2.75, 3.05) is 13.2 Å². The van der Waals surface area contributed by atoms with Crippen molar-refractivity contribution >= 4 is 0 Å². The Bertz CT molecular complexity index is 333. The molecule has 0 bridgehead atoms. The van der Waals surface area contributed by atoms with Crippen LogP contribution in [0.4, 0.5) is 0 Å². The Morgan fingerprint density at radius 1 is 1.59 bits per heavy atom. The van der Waals surface area contributed by atoms with Gasteiger partial charge in [0.2, 0.25) is 0 Å². The lowest BCUT2D eigenvalue weighted by atomic mass is 9.89. The Morgan fingerprint density at radius 3 is 2.94 bits per heavy atom. The van der Waals surface area contributed by atoms with Crippen LogP contribution in [0.2, 0.25) is 0 Å². The second-order valence-electron chi connectivity index (χ2n) is 4.72. The van der Waals surface area contributed by atoms with Crippen LogP contribution in [0, 0.1) is 5.92 Å². The second-order valence-corrected chi connectivity index (χ2v) is 4.72. The Kier molecular flexibility index (Phi) is 4.53. The van der Waals surface area contributed by atoms with Gasteiger partial charge in [-0.3, -0.25) is 11.3 Å². The molecule has 0 aliphatic carbocycles. The zero-order valence-corrected chi connectivity index (χ0v) is 10.4. The molecular weight excluding hydrogens is 216 g/mol.